The molecule has 20 heavy (non-hydrogen) atoms. The first-order chi connectivity index (χ1) is 9.44. The zero-order valence-electron chi connectivity index (χ0n) is 11.3. The van der Waals surface area contributed by atoms with E-state index >= 15 is 0 Å². The first-order valence-electron chi connectivity index (χ1n) is 6.02. The molecule has 7 nitrogen and oxygen atoms in total. The van der Waals surface area contributed by atoms with Gasteiger partial charge in [0.25, 0.3) is 0 Å². The molecular formula is C12H18N2O5S. The van der Waals surface area contributed by atoms with Crippen molar-refractivity contribution in [2.45, 2.75) is 17.9 Å². The van der Waals surface area contributed by atoms with E-state index in [-0.39, 0.29) is 4.90 Å². The number of aliphatic hydroxyl groups excluding tert-OH is 1. The minimum absolute atomic E-state index is 0.0363. The van der Waals surface area contributed by atoms with Gasteiger partial charge in [-0.25, -0.2) is 8.42 Å². The summed E-state index contributed by atoms with van der Waals surface area (Å²) in [4.78, 5) is 11.4. The Morgan fingerprint density at radius 2 is 2.15 bits per heavy atom. The Balaban J connectivity index is 2.98. The minimum atomic E-state index is -3.92. The van der Waals surface area contributed by atoms with Crippen LogP contribution in [0.25, 0.3) is 0 Å². The fourth-order valence-electron chi connectivity index (χ4n) is 1.50. The van der Waals surface area contributed by atoms with Crippen molar-refractivity contribution in [3.05, 3.63) is 24.3 Å². The van der Waals surface area contributed by atoms with Crippen molar-refractivity contribution in [1.29, 1.82) is 0 Å². The summed E-state index contributed by atoms with van der Waals surface area (Å²) in [7, 11) is -2.56. The van der Waals surface area contributed by atoms with Gasteiger partial charge in [0.05, 0.1) is 18.1 Å². The van der Waals surface area contributed by atoms with Gasteiger partial charge in [-0.15, -0.1) is 0 Å². The van der Waals surface area contributed by atoms with Gasteiger partial charge < -0.3 is 15.2 Å². The van der Waals surface area contributed by atoms with Crippen molar-refractivity contribution < 1.29 is 23.1 Å². The van der Waals surface area contributed by atoms with E-state index in [1.807, 2.05) is 0 Å². The second kappa shape index (κ2) is 7.22. The number of rotatable bonds is 7. The molecule has 0 aliphatic heterocycles. The summed E-state index contributed by atoms with van der Waals surface area (Å²) in [5, 5.41) is 11.3. The molecule has 112 valence electrons. The maximum Gasteiger partial charge on any atom is 0.241 e. The van der Waals surface area contributed by atoms with Gasteiger partial charge in [-0.3, -0.25) is 4.79 Å². The standard InChI is InChI=1S/C12H18N2O5S/c1-3-19-9-5-4-6-10(7-9)20(17,18)14-11(8-15)12(16)13-2/h4-7,11,14-15H,3,8H2,1-2H3,(H,13,16)/t11-/m0/s1. The van der Waals surface area contributed by atoms with E-state index in [1.165, 1.54) is 25.2 Å². The number of hydrogen-bond acceptors (Lipinski definition) is 5. The fraction of sp³-hybridized carbons (Fsp3) is 0.417. The van der Waals surface area contributed by atoms with Crippen LogP contribution >= 0.6 is 0 Å². The van der Waals surface area contributed by atoms with Crippen LogP contribution in [0.2, 0.25) is 0 Å². The van der Waals surface area contributed by atoms with Crippen molar-refractivity contribution in [1.82, 2.24) is 10.0 Å². The number of sulfonamides is 1. The molecule has 1 amide bonds. The predicted molar refractivity (Wildman–Crippen MR) is 72.9 cm³/mol. The molecule has 0 radical (unpaired) electrons. The van der Waals surface area contributed by atoms with Crippen LogP contribution in [0.5, 0.6) is 5.75 Å². The average molecular weight is 302 g/mol. The van der Waals surface area contributed by atoms with E-state index in [9.17, 15) is 13.2 Å². The van der Waals surface area contributed by atoms with Gasteiger partial charge in [-0.2, -0.15) is 4.72 Å². The smallest absolute Gasteiger partial charge is 0.241 e. The lowest BCUT2D eigenvalue weighted by Crippen LogP contribution is -2.47. The van der Waals surface area contributed by atoms with Crippen LogP contribution in [0.1, 0.15) is 6.92 Å². The lowest BCUT2D eigenvalue weighted by molar-refractivity contribution is -0.123. The fourth-order valence-corrected chi connectivity index (χ4v) is 2.72. The lowest BCUT2D eigenvalue weighted by atomic mass is 10.3. The molecule has 0 spiro atoms. The molecule has 0 heterocycles. The topological polar surface area (TPSA) is 105 Å². The Hall–Kier alpha value is -1.64. The summed E-state index contributed by atoms with van der Waals surface area (Å²) in [6.07, 6.45) is 0. The molecule has 1 aromatic rings. The van der Waals surface area contributed by atoms with Gasteiger partial charge in [-0.05, 0) is 19.1 Å². The Bertz CT molecular complexity index is 559. The summed E-state index contributed by atoms with van der Waals surface area (Å²) in [5.74, 6) is -0.201. The van der Waals surface area contributed by atoms with Crippen LogP contribution in [0.4, 0.5) is 0 Å². The largest absolute Gasteiger partial charge is 0.494 e. The maximum atomic E-state index is 12.1. The summed E-state index contributed by atoms with van der Waals surface area (Å²) in [6, 6.07) is 4.66. The second-order valence-electron chi connectivity index (χ2n) is 3.88. The first-order valence-corrected chi connectivity index (χ1v) is 7.50. The zero-order valence-corrected chi connectivity index (χ0v) is 12.1. The monoisotopic (exact) mass is 302 g/mol. The summed E-state index contributed by atoms with van der Waals surface area (Å²) in [5.41, 5.74) is 0. The molecule has 0 aliphatic rings. The predicted octanol–water partition coefficient (Wildman–Crippen LogP) is -0.529. The Morgan fingerprint density at radius 1 is 1.45 bits per heavy atom. The number of aliphatic hydroxyl groups is 1. The molecule has 1 aromatic carbocycles. The number of hydrogen-bond donors (Lipinski definition) is 3. The van der Waals surface area contributed by atoms with Crippen molar-refractivity contribution in [3.63, 3.8) is 0 Å². The van der Waals surface area contributed by atoms with E-state index in [0.29, 0.717) is 12.4 Å². The van der Waals surface area contributed by atoms with Crippen LogP contribution in [-0.4, -0.2) is 45.7 Å². The molecule has 0 saturated carbocycles. The van der Waals surface area contributed by atoms with E-state index < -0.39 is 28.6 Å². The van der Waals surface area contributed by atoms with Gasteiger partial charge >= 0.3 is 0 Å². The Morgan fingerprint density at radius 3 is 2.70 bits per heavy atom. The van der Waals surface area contributed by atoms with Crippen LogP contribution in [0, 0.1) is 0 Å². The van der Waals surface area contributed by atoms with Crippen molar-refractivity contribution in [2.24, 2.45) is 0 Å². The number of carbonyl (C=O) groups excluding carboxylic acids is 1. The highest BCUT2D eigenvalue weighted by Gasteiger charge is 2.24. The molecule has 0 fully saturated rings. The number of amides is 1. The third kappa shape index (κ3) is 4.19. The van der Waals surface area contributed by atoms with Gasteiger partial charge in [-0.1, -0.05) is 6.07 Å². The highest BCUT2D eigenvalue weighted by molar-refractivity contribution is 7.89. The number of nitrogens with one attached hydrogen (secondary N) is 2. The van der Waals surface area contributed by atoms with Crippen LogP contribution in [0.15, 0.2) is 29.2 Å². The molecule has 1 atom stereocenters. The van der Waals surface area contributed by atoms with Crippen LogP contribution in [-0.2, 0) is 14.8 Å². The zero-order chi connectivity index (χ0) is 15.2. The molecule has 0 bridgehead atoms. The molecule has 0 unspecified atom stereocenters. The number of likely N-dealkylation sites (N-methyl/N-ethyl adjacent to an activating group) is 1. The molecule has 3 N–H and O–H groups in total. The third-order valence-corrected chi connectivity index (χ3v) is 3.94. The lowest BCUT2D eigenvalue weighted by Gasteiger charge is -2.15. The quantitative estimate of drug-likeness (QED) is 0.628. The van der Waals surface area contributed by atoms with Gasteiger partial charge in [0.15, 0.2) is 0 Å². The summed E-state index contributed by atoms with van der Waals surface area (Å²) >= 11 is 0. The average Bonchev–Trinajstić information content (AvgIpc) is 2.44. The molecule has 1 rings (SSSR count). The van der Waals surface area contributed by atoms with Crippen LogP contribution in [0.3, 0.4) is 0 Å². The third-order valence-electron chi connectivity index (χ3n) is 2.47. The highest BCUT2D eigenvalue weighted by Crippen LogP contribution is 2.17. The molecule has 0 aliphatic carbocycles. The van der Waals surface area contributed by atoms with Gasteiger partial charge in [0.1, 0.15) is 11.8 Å². The van der Waals surface area contributed by atoms with Crippen molar-refractivity contribution in [2.75, 3.05) is 20.3 Å². The highest BCUT2D eigenvalue weighted by atomic mass is 32.2. The first kappa shape index (κ1) is 16.4. The number of benzene rings is 1. The van der Waals surface area contributed by atoms with E-state index in [0.717, 1.165) is 0 Å². The van der Waals surface area contributed by atoms with Crippen molar-refractivity contribution >= 4 is 15.9 Å². The van der Waals surface area contributed by atoms with Gasteiger partial charge in [0, 0.05) is 13.1 Å². The number of ether oxygens (including phenoxy) is 1. The molecule has 8 heteroatoms. The van der Waals surface area contributed by atoms with E-state index in [2.05, 4.69) is 10.0 Å². The number of carbonyl (C=O) groups is 1. The second-order valence-corrected chi connectivity index (χ2v) is 5.59. The Labute approximate surface area is 118 Å². The summed E-state index contributed by atoms with van der Waals surface area (Å²) in [6.45, 7) is 1.56. The SMILES string of the molecule is CCOc1cccc(S(=O)(=O)N[C@@H](CO)C(=O)NC)c1. The van der Waals surface area contributed by atoms with E-state index in [4.69, 9.17) is 9.84 Å². The Kier molecular flexibility index (Phi) is 5.93. The van der Waals surface area contributed by atoms with Crippen molar-refractivity contribution in [3.8, 4) is 5.75 Å². The maximum absolute atomic E-state index is 12.1. The van der Waals surface area contributed by atoms with Gasteiger partial charge in [0.2, 0.25) is 15.9 Å². The van der Waals surface area contributed by atoms with E-state index in [1.54, 1.807) is 13.0 Å². The normalized spacial score (nSPS) is 12.8. The summed E-state index contributed by atoms with van der Waals surface area (Å²) < 4.78 is 31.6. The molecular weight excluding hydrogens is 284 g/mol. The van der Waals surface area contributed by atoms with Crippen LogP contribution < -0.4 is 14.8 Å². The minimum Gasteiger partial charge on any atom is -0.494 e. The molecule has 0 saturated heterocycles. The molecule has 0 aromatic heterocycles.